The Kier molecular flexibility index (Phi) is 21.7. The van der Waals surface area contributed by atoms with Crippen LogP contribution in [0, 0.1) is 11.8 Å². The average molecular weight is 711 g/mol. The first-order valence-electron chi connectivity index (χ1n) is 18.5. The van der Waals surface area contributed by atoms with Crippen LogP contribution in [0.15, 0.2) is 0 Å². The zero-order valence-corrected chi connectivity index (χ0v) is 30.7. The van der Waals surface area contributed by atoms with Crippen molar-refractivity contribution in [2.75, 3.05) is 0 Å². The molecule has 50 heavy (non-hydrogen) atoms. The number of carboxylic acid groups (broad SMARTS) is 2. The molecule has 0 radical (unpaired) electrons. The van der Waals surface area contributed by atoms with Crippen molar-refractivity contribution in [2.45, 2.75) is 174 Å². The van der Waals surface area contributed by atoms with Gasteiger partial charge in [0.1, 0.15) is 30.3 Å². The molecule has 286 valence electrons. The highest BCUT2D eigenvalue weighted by molar-refractivity contribution is 5.95. The van der Waals surface area contributed by atoms with Gasteiger partial charge in [-0.25, -0.2) is 4.79 Å². The number of carboxylic acids is 2. The first-order chi connectivity index (χ1) is 23.6. The molecular weight excluding hydrogens is 648 g/mol. The summed E-state index contributed by atoms with van der Waals surface area (Å²) in [6, 6.07) is -4.97. The molecule has 1 aliphatic heterocycles. The summed E-state index contributed by atoms with van der Waals surface area (Å²) >= 11 is 0. The Balaban J connectivity index is 3.41. The topological polar surface area (TPSA) is 217 Å². The lowest BCUT2D eigenvalue weighted by Crippen LogP contribution is -2.58. The van der Waals surface area contributed by atoms with Gasteiger partial charge in [-0.1, -0.05) is 86.0 Å². The molecule has 0 aromatic rings. The van der Waals surface area contributed by atoms with E-state index < -0.39 is 84.6 Å². The SMILES string of the molecule is CCCCCCCCCCC[C@@H]1CC(=O)N[C@@H](CCC(=O)O)C(=O)N[C@@H](CCC(=O)O)C(=O)N[C@H](CC(C)C)C(=O)N[C@@H](CC(C)C)C(=O)O1. The van der Waals surface area contributed by atoms with Gasteiger partial charge >= 0.3 is 17.9 Å². The van der Waals surface area contributed by atoms with E-state index >= 15 is 0 Å². The smallest absolute Gasteiger partial charge is 0.328 e. The highest BCUT2D eigenvalue weighted by Gasteiger charge is 2.34. The van der Waals surface area contributed by atoms with Crippen molar-refractivity contribution in [2.24, 2.45) is 11.8 Å². The first kappa shape index (κ1) is 44.3. The van der Waals surface area contributed by atoms with Crippen LogP contribution < -0.4 is 21.3 Å². The lowest BCUT2D eigenvalue weighted by molar-refractivity contribution is -0.155. The van der Waals surface area contributed by atoms with Gasteiger partial charge in [-0.05, 0) is 50.4 Å². The lowest BCUT2D eigenvalue weighted by Gasteiger charge is -2.29. The van der Waals surface area contributed by atoms with Crippen molar-refractivity contribution in [1.29, 1.82) is 0 Å². The Bertz CT molecular complexity index is 1110. The van der Waals surface area contributed by atoms with Crippen LogP contribution in [0.1, 0.15) is 144 Å². The quantitative estimate of drug-likeness (QED) is 0.0789. The Morgan fingerprint density at radius 2 is 1.04 bits per heavy atom. The van der Waals surface area contributed by atoms with Crippen LogP contribution in [0.2, 0.25) is 0 Å². The number of hydrogen-bond donors (Lipinski definition) is 6. The molecule has 1 rings (SSSR count). The second-order valence-electron chi connectivity index (χ2n) is 14.3. The highest BCUT2D eigenvalue weighted by atomic mass is 16.5. The molecule has 0 aromatic carbocycles. The van der Waals surface area contributed by atoms with E-state index in [9.17, 15) is 43.8 Å². The van der Waals surface area contributed by atoms with Crippen molar-refractivity contribution in [3.05, 3.63) is 0 Å². The number of carbonyl (C=O) groups excluding carboxylic acids is 5. The molecule has 1 heterocycles. The number of aliphatic carboxylic acids is 2. The van der Waals surface area contributed by atoms with E-state index in [1.807, 2.05) is 27.7 Å². The number of amides is 4. The minimum absolute atomic E-state index is 0.0266. The van der Waals surface area contributed by atoms with Gasteiger partial charge in [-0.3, -0.25) is 28.8 Å². The van der Waals surface area contributed by atoms with Crippen LogP contribution >= 0.6 is 0 Å². The number of unbranched alkanes of at least 4 members (excludes halogenated alkanes) is 8. The zero-order valence-electron chi connectivity index (χ0n) is 30.7. The molecule has 0 aromatic heterocycles. The summed E-state index contributed by atoms with van der Waals surface area (Å²) in [5.41, 5.74) is 0. The third-order valence-electron chi connectivity index (χ3n) is 8.55. The van der Waals surface area contributed by atoms with Crippen molar-refractivity contribution in [1.82, 2.24) is 21.3 Å². The maximum atomic E-state index is 13.6. The molecule has 1 fully saturated rings. The van der Waals surface area contributed by atoms with Crippen LogP contribution in [0.3, 0.4) is 0 Å². The second kappa shape index (κ2) is 24.4. The van der Waals surface area contributed by atoms with E-state index in [1.54, 1.807) is 0 Å². The van der Waals surface area contributed by atoms with Gasteiger partial charge < -0.3 is 36.2 Å². The minimum Gasteiger partial charge on any atom is -0.481 e. The molecule has 1 aliphatic rings. The molecule has 5 atom stereocenters. The predicted octanol–water partition coefficient (Wildman–Crippen LogP) is 3.98. The molecule has 14 heteroatoms. The van der Waals surface area contributed by atoms with Gasteiger partial charge in [0.25, 0.3) is 0 Å². The fourth-order valence-corrected chi connectivity index (χ4v) is 5.87. The van der Waals surface area contributed by atoms with Crippen LogP contribution in [0.25, 0.3) is 0 Å². The molecule has 14 nitrogen and oxygen atoms in total. The van der Waals surface area contributed by atoms with Crippen molar-refractivity contribution in [3.8, 4) is 0 Å². The largest absolute Gasteiger partial charge is 0.481 e. The summed E-state index contributed by atoms with van der Waals surface area (Å²) in [7, 11) is 0. The van der Waals surface area contributed by atoms with E-state index in [1.165, 1.54) is 25.7 Å². The molecule has 0 spiro atoms. The Morgan fingerprint density at radius 1 is 0.620 bits per heavy atom. The number of esters is 1. The molecular formula is C36H62N4O10. The van der Waals surface area contributed by atoms with Gasteiger partial charge in [-0.15, -0.1) is 0 Å². The Morgan fingerprint density at radius 3 is 1.54 bits per heavy atom. The lowest BCUT2D eigenvalue weighted by atomic mass is 9.99. The van der Waals surface area contributed by atoms with Crippen molar-refractivity contribution >= 4 is 41.5 Å². The van der Waals surface area contributed by atoms with Crippen LogP contribution in [-0.4, -0.2) is 82.0 Å². The van der Waals surface area contributed by atoms with Crippen molar-refractivity contribution in [3.63, 3.8) is 0 Å². The number of cyclic esters (lactones) is 1. The summed E-state index contributed by atoms with van der Waals surface area (Å²) in [5, 5.41) is 29.0. The molecule has 4 amide bonds. The first-order valence-corrected chi connectivity index (χ1v) is 18.5. The maximum Gasteiger partial charge on any atom is 0.328 e. The summed E-state index contributed by atoms with van der Waals surface area (Å²) < 4.78 is 5.87. The van der Waals surface area contributed by atoms with Crippen molar-refractivity contribution < 1.29 is 48.5 Å². The summed E-state index contributed by atoms with van der Waals surface area (Å²) in [4.78, 5) is 90.2. The normalized spacial score (nSPS) is 22.8. The van der Waals surface area contributed by atoms with Crippen LogP contribution in [0.4, 0.5) is 0 Å². The second-order valence-corrected chi connectivity index (χ2v) is 14.3. The molecule has 6 N–H and O–H groups in total. The Labute approximate surface area is 297 Å². The monoisotopic (exact) mass is 710 g/mol. The summed E-state index contributed by atoms with van der Waals surface area (Å²) in [6.07, 6.45) is 7.59. The van der Waals surface area contributed by atoms with Crippen LogP contribution in [-0.2, 0) is 38.3 Å². The minimum atomic E-state index is -1.41. The fourth-order valence-electron chi connectivity index (χ4n) is 5.87. The molecule has 0 aliphatic carbocycles. The Hall–Kier alpha value is -3.71. The van der Waals surface area contributed by atoms with Crippen LogP contribution in [0.5, 0.6) is 0 Å². The van der Waals surface area contributed by atoms with Gasteiger partial charge in [0.2, 0.25) is 23.6 Å². The van der Waals surface area contributed by atoms with E-state index in [2.05, 4.69) is 28.2 Å². The number of ether oxygens (including phenoxy) is 1. The van der Waals surface area contributed by atoms with Gasteiger partial charge in [0.15, 0.2) is 0 Å². The highest BCUT2D eigenvalue weighted by Crippen LogP contribution is 2.18. The number of nitrogens with one attached hydrogen (secondary N) is 4. The maximum absolute atomic E-state index is 13.6. The zero-order chi connectivity index (χ0) is 37.6. The van der Waals surface area contributed by atoms with Gasteiger partial charge in [0.05, 0.1) is 6.42 Å². The fraction of sp³-hybridized carbons (Fsp3) is 0.806. The molecule has 0 bridgehead atoms. The summed E-state index contributed by atoms with van der Waals surface area (Å²) in [6.45, 7) is 9.62. The number of rotatable bonds is 20. The van der Waals surface area contributed by atoms with E-state index in [0.717, 1.165) is 25.7 Å². The average Bonchev–Trinajstić information content (AvgIpc) is 3.02. The van der Waals surface area contributed by atoms with Gasteiger partial charge in [0, 0.05) is 12.8 Å². The molecule has 1 saturated heterocycles. The summed E-state index contributed by atoms with van der Waals surface area (Å²) in [5.74, 6) is -6.28. The van der Waals surface area contributed by atoms with E-state index in [4.69, 9.17) is 4.74 Å². The third-order valence-corrected chi connectivity index (χ3v) is 8.55. The molecule has 0 unspecified atom stereocenters. The standard InChI is InChI=1S/C36H62N4O10/c1-6-7-8-9-10-11-12-13-14-15-25-22-30(41)37-26(16-18-31(42)43)33(46)38-27(17-19-32(44)45)34(47)39-28(20-23(2)3)35(48)40-29(21-24(4)5)36(49)50-25/h23-29H,6-22H2,1-5H3,(H,37,41)(H,38,46)(H,39,47)(H,40,48)(H,42,43)(H,44,45)/t25-,26+,27+,28-,29+/m1/s1. The predicted molar refractivity (Wildman–Crippen MR) is 187 cm³/mol. The number of hydrogen-bond acceptors (Lipinski definition) is 8. The number of carbonyl (C=O) groups is 7. The van der Waals surface area contributed by atoms with Gasteiger partial charge in [-0.2, -0.15) is 0 Å². The van der Waals surface area contributed by atoms with E-state index in [0.29, 0.717) is 12.8 Å². The molecule has 0 saturated carbocycles. The third kappa shape index (κ3) is 19.5. The van der Waals surface area contributed by atoms with E-state index in [-0.39, 0.29) is 43.9 Å².